The van der Waals surface area contributed by atoms with Crippen molar-refractivity contribution in [2.75, 3.05) is 9.91 Å². The van der Waals surface area contributed by atoms with Gasteiger partial charge in [0.2, 0.25) is 0 Å². The zero-order valence-electron chi connectivity index (χ0n) is 14.3. The molecule has 2 aromatic carbocycles. The van der Waals surface area contributed by atoms with Gasteiger partial charge < -0.3 is 0 Å². The summed E-state index contributed by atoms with van der Waals surface area (Å²) in [4.78, 5) is 26.3. The second-order valence-electron chi connectivity index (χ2n) is 6.43. The summed E-state index contributed by atoms with van der Waals surface area (Å²) in [7, 11) is 0. The molecular weight excluding hydrogens is 380 g/mol. The van der Waals surface area contributed by atoms with Crippen LogP contribution in [0.5, 0.6) is 0 Å². The summed E-state index contributed by atoms with van der Waals surface area (Å²) in [5.41, 5.74) is -0.568. The predicted molar refractivity (Wildman–Crippen MR) is 90.0 cm³/mol. The van der Waals surface area contributed by atoms with Crippen molar-refractivity contribution in [3.05, 3.63) is 59.4 Å². The zero-order chi connectivity index (χ0) is 20.2. The second kappa shape index (κ2) is 6.11. The van der Waals surface area contributed by atoms with E-state index in [0.717, 1.165) is 28.1 Å². The molecule has 0 spiro atoms. The highest BCUT2D eigenvalue weighted by atomic mass is 19.4. The van der Waals surface area contributed by atoms with Gasteiger partial charge in [-0.3, -0.25) is 9.59 Å². The molecule has 1 saturated heterocycles. The summed E-state index contributed by atoms with van der Waals surface area (Å²) < 4.78 is 52.8. The number of anilines is 2. The van der Waals surface area contributed by atoms with E-state index in [-0.39, 0.29) is 11.4 Å². The second-order valence-corrected chi connectivity index (χ2v) is 6.43. The number of rotatable bonds is 2. The van der Waals surface area contributed by atoms with Crippen molar-refractivity contribution in [3.8, 4) is 0 Å². The Morgan fingerprint density at radius 2 is 1.75 bits per heavy atom. The first kappa shape index (κ1) is 18.1. The molecule has 10 heteroatoms. The number of nitrogens with zero attached hydrogens (tertiary/aromatic N) is 4. The van der Waals surface area contributed by atoms with Crippen molar-refractivity contribution >= 4 is 23.2 Å². The number of imide groups is 1. The Balaban J connectivity index is 1.70. The molecule has 0 aromatic heterocycles. The Morgan fingerprint density at radius 3 is 2.43 bits per heavy atom. The van der Waals surface area contributed by atoms with Crippen LogP contribution < -0.4 is 9.91 Å². The predicted octanol–water partition coefficient (Wildman–Crippen LogP) is 3.65. The standard InChI is InChI=1S/C18H12F4N4O2/c1-9-5-6-11(8-13(9)19)25-16(27)14-15(17(25)28)26(24-23-14)12-4-2-3-10(7-12)18(20,21)22/h2-8,14-15H,1H3/t14-,15+/m0/s1. The molecule has 4 rings (SSSR count). The van der Waals surface area contributed by atoms with E-state index in [1.807, 2.05) is 0 Å². The van der Waals surface area contributed by atoms with Gasteiger partial charge in [-0.15, -0.1) is 0 Å². The van der Waals surface area contributed by atoms with Gasteiger partial charge in [0.15, 0.2) is 12.1 Å². The molecule has 2 atom stereocenters. The molecule has 0 aliphatic carbocycles. The highest BCUT2D eigenvalue weighted by Gasteiger charge is 2.55. The molecule has 0 bridgehead atoms. The number of fused-ring (bicyclic) bond motifs is 1. The molecule has 2 aromatic rings. The van der Waals surface area contributed by atoms with Gasteiger partial charge in [0.1, 0.15) is 5.82 Å². The van der Waals surface area contributed by atoms with E-state index >= 15 is 0 Å². The maximum absolute atomic E-state index is 13.9. The quantitative estimate of drug-likeness (QED) is 0.579. The molecule has 2 aliphatic heterocycles. The van der Waals surface area contributed by atoms with Gasteiger partial charge in [0.25, 0.3) is 11.8 Å². The van der Waals surface area contributed by atoms with Crippen LogP contribution in [0.3, 0.4) is 0 Å². The molecule has 1 fully saturated rings. The lowest BCUT2D eigenvalue weighted by molar-refractivity contribution is -0.137. The molecule has 2 heterocycles. The number of benzene rings is 2. The van der Waals surface area contributed by atoms with Gasteiger partial charge in [-0.1, -0.05) is 17.4 Å². The van der Waals surface area contributed by atoms with Crippen LogP contribution in [0, 0.1) is 12.7 Å². The number of alkyl halides is 3. The minimum Gasteiger partial charge on any atom is -0.271 e. The molecular formula is C18H12F4N4O2. The average Bonchev–Trinajstić information content (AvgIpc) is 3.18. The van der Waals surface area contributed by atoms with E-state index in [1.165, 1.54) is 31.2 Å². The molecule has 2 aliphatic rings. The van der Waals surface area contributed by atoms with Gasteiger partial charge >= 0.3 is 6.18 Å². The Morgan fingerprint density at radius 1 is 1.00 bits per heavy atom. The summed E-state index contributed by atoms with van der Waals surface area (Å²) in [6.07, 6.45) is -4.58. The first-order chi connectivity index (χ1) is 13.2. The first-order valence-corrected chi connectivity index (χ1v) is 8.20. The number of hydrogen-bond donors (Lipinski definition) is 0. The third kappa shape index (κ3) is 2.72. The topological polar surface area (TPSA) is 65.3 Å². The minimum atomic E-state index is -4.58. The van der Waals surface area contributed by atoms with Gasteiger partial charge in [-0.05, 0) is 42.8 Å². The molecule has 0 radical (unpaired) electrons. The number of halogens is 4. The van der Waals surface area contributed by atoms with Gasteiger partial charge in [-0.25, -0.2) is 14.3 Å². The van der Waals surface area contributed by atoms with E-state index in [1.54, 1.807) is 0 Å². The SMILES string of the molecule is Cc1ccc(N2C(=O)[C@H]3N=NN(c4cccc(C(F)(F)F)c4)[C@H]3C2=O)cc1F. The first-order valence-electron chi connectivity index (χ1n) is 8.20. The van der Waals surface area contributed by atoms with Crippen LogP contribution in [0.15, 0.2) is 52.8 Å². The third-order valence-corrected chi connectivity index (χ3v) is 4.63. The molecule has 6 nitrogen and oxygen atoms in total. The van der Waals surface area contributed by atoms with Crippen LogP contribution in [0.2, 0.25) is 0 Å². The Labute approximate surface area is 156 Å². The van der Waals surface area contributed by atoms with Gasteiger partial charge in [0, 0.05) is 0 Å². The summed E-state index contributed by atoms with van der Waals surface area (Å²) in [5, 5.41) is 8.47. The van der Waals surface area contributed by atoms with Crippen molar-refractivity contribution in [2.24, 2.45) is 10.3 Å². The monoisotopic (exact) mass is 392 g/mol. The van der Waals surface area contributed by atoms with Crippen molar-refractivity contribution in [1.82, 2.24) is 0 Å². The number of aryl methyl sites for hydroxylation is 1. The molecule has 0 saturated carbocycles. The number of carbonyl (C=O) groups is 2. The third-order valence-electron chi connectivity index (χ3n) is 4.63. The van der Waals surface area contributed by atoms with E-state index in [0.29, 0.717) is 5.56 Å². The number of hydrogen-bond acceptors (Lipinski definition) is 5. The summed E-state index contributed by atoms with van der Waals surface area (Å²) in [6, 6.07) is 5.69. The van der Waals surface area contributed by atoms with Crippen LogP contribution in [0.4, 0.5) is 28.9 Å². The molecule has 2 amide bonds. The average molecular weight is 392 g/mol. The maximum atomic E-state index is 13.9. The van der Waals surface area contributed by atoms with E-state index < -0.39 is 41.5 Å². The molecule has 0 N–H and O–H groups in total. The van der Waals surface area contributed by atoms with Crippen LogP contribution >= 0.6 is 0 Å². The zero-order valence-corrected chi connectivity index (χ0v) is 14.3. The Bertz CT molecular complexity index is 1020. The van der Waals surface area contributed by atoms with E-state index in [4.69, 9.17) is 0 Å². The fourth-order valence-electron chi connectivity index (χ4n) is 3.17. The van der Waals surface area contributed by atoms with Crippen LogP contribution in [0.25, 0.3) is 0 Å². The molecule has 144 valence electrons. The lowest BCUT2D eigenvalue weighted by Gasteiger charge is -2.21. The van der Waals surface area contributed by atoms with Crippen LogP contribution in [0.1, 0.15) is 11.1 Å². The normalized spacial score (nSPS) is 21.6. The lowest BCUT2D eigenvalue weighted by atomic mass is 10.1. The smallest absolute Gasteiger partial charge is 0.271 e. The molecule has 28 heavy (non-hydrogen) atoms. The van der Waals surface area contributed by atoms with Crippen molar-refractivity contribution in [2.45, 2.75) is 25.2 Å². The van der Waals surface area contributed by atoms with Crippen molar-refractivity contribution in [3.63, 3.8) is 0 Å². The summed E-state index contributed by atoms with van der Waals surface area (Å²) in [6.45, 7) is 1.53. The fraction of sp³-hybridized carbons (Fsp3) is 0.222. The Kier molecular flexibility index (Phi) is 3.95. The van der Waals surface area contributed by atoms with Gasteiger partial charge in [0.05, 0.1) is 16.9 Å². The number of carbonyl (C=O) groups excluding carboxylic acids is 2. The van der Waals surface area contributed by atoms with Crippen LogP contribution in [-0.4, -0.2) is 23.9 Å². The fourth-order valence-corrected chi connectivity index (χ4v) is 3.17. The largest absolute Gasteiger partial charge is 0.416 e. The highest BCUT2D eigenvalue weighted by Crippen LogP contribution is 2.37. The maximum Gasteiger partial charge on any atom is 0.416 e. The Hall–Kier alpha value is -3.30. The van der Waals surface area contributed by atoms with Gasteiger partial charge in [-0.2, -0.15) is 18.3 Å². The van der Waals surface area contributed by atoms with Crippen molar-refractivity contribution < 1.29 is 27.2 Å². The summed E-state index contributed by atoms with van der Waals surface area (Å²) in [5.74, 6) is -2.04. The summed E-state index contributed by atoms with van der Waals surface area (Å²) >= 11 is 0. The van der Waals surface area contributed by atoms with E-state index in [9.17, 15) is 27.2 Å². The van der Waals surface area contributed by atoms with E-state index in [2.05, 4.69) is 10.3 Å². The van der Waals surface area contributed by atoms with Crippen molar-refractivity contribution in [1.29, 1.82) is 0 Å². The highest BCUT2D eigenvalue weighted by molar-refractivity contribution is 6.26. The number of amides is 2. The molecule has 0 unspecified atom stereocenters. The minimum absolute atomic E-state index is 0.0239. The lowest BCUT2D eigenvalue weighted by Crippen LogP contribution is -2.40. The van der Waals surface area contributed by atoms with Crippen LogP contribution in [-0.2, 0) is 15.8 Å².